The van der Waals surface area contributed by atoms with Gasteiger partial charge in [0.15, 0.2) is 0 Å². The fourth-order valence-electron chi connectivity index (χ4n) is 6.98. The van der Waals surface area contributed by atoms with Crippen molar-refractivity contribution in [3.63, 3.8) is 0 Å². The number of hydrogen-bond donors (Lipinski definition) is 1. The topological polar surface area (TPSA) is 45.2 Å². The summed E-state index contributed by atoms with van der Waals surface area (Å²) in [4.78, 5) is 18.8. The number of carbonyl (C=O) groups excluding carboxylic acids is 1. The van der Waals surface area contributed by atoms with E-state index < -0.39 is 0 Å². The van der Waals surface area contributed by atoms with Crippen LogP contribution in [-0.2, 0) is 6.42 Å². The van der Waals surface area contributed by atoms with E-state index in [1.165, 1.54) is 56.9 Å². The van der Waals surface area contributed by atoms with Gasteiger partial charge in [0, 0.05) is 32.0 Å². The molecule has 4 heteroatoms. The number of aromatic nitrogens is 1. The number of nitrogens with zero attached hydrogens (tertiary/aromatic N) is 2. The Morgan fingerprint density at radius 1 is 1.07 bits per heavy atom. The van der Waals surface area contributed by atoms with Gasteiger partial charge < -0.3 is 10.2 Å². The van der Waals surface area contributed by atoms with Crippen LogP contribution in [0.4, 0.5) is 4.79 Å². The zero-order valence-corrected chi connectivity index (χ0v) is 18.2. The third-order valence-electron chi connectivity index (χ3n) is 7.75. The number of aryl methyl sites for hydroxylation is 1. The van der Waals surface area contributed by atoms with Crippen LogP contribution >= 0.6 is 0 Å². The van der Waals surface area contributed by atoms with Gasteiger partial charge in [-0.2, -0.15) is 0 Å². The van der Waals surface area contributed by atoms with Crippen LogP contribution in [0.25, 0.3) is 0 Å². The normalized spacial score (nSPS) is 29.8. The van der Waals surface area contributed by atoms with Gasteiger partial charge in [-0.3, -0.25) is 4.98 Å². The molecule has 1 aromatic heterocycles. The molecular weight excluding hydrogens is 358 g/mol. The Labute approximate surface area is 176 Å². The fraction of sp³-hybridized carbons (Fsp3) is 0.760. The summed E-state index contributed by atoms with van der Waals surface area (Å²) >= 11 is 0. The van der Waals surface area contributed by atoms with E-state index in [9.17, 15) is 4.79 Å². The summed E-state index contributed by atoms with van der Waals surface area (Å²) in [5.74, 6) is 3.07. The lowest BCUT2D eigenvalue weighted by molar-refractivity contribution is -0.0586. The van der Waals surface area contributed by atoms with Crippen LogP contribution in [0.3, 0.4) is 0 Å². The Bertz CT molecular complexity index is 624. The first-order valence-electron chi connectivity index (χ1n) is 12.1. The average Bonchev–Trinajstić information content (AvgIpc) is 2.70. The molecule has 4 bridgehead atoms. The molecule has 0 aliphatic heterocycles. The van der Waals surface area contributed by atoms with Crippen molar-refractivity contribution < 1.29 is 4.79 Å². The highest BCUT2D eigenvalue weighted by Crippen LogP contribution is 2.61. The molecule has 2 amide bonds. The zero-order valence-electron chi connectivity index (χ0n) is 18.2. The van der Waals surface area contributed by atoms with Crippen molar-refractivity contribution >= 4 is 6.03 Å². The fourth-order valence-corrected chi connectivity index (χ4v) is 6.98. The number of urea groups is 1. The largest absolute Gasteiger partial charge is 0.338 e. The van der Waals surface area contributed by atoms with Crippen LogP contribution in [-0.4, -0.2) is 35.5 Å². The van der Waals surface area contributed by atoms with Gasteiger partial charge in [0.25, 0.3) is 0 Å². The maximum absolute atomic E-state index is 12.7. The minimum absolute atomic E-state index is 0.132. The molecule has 4 saturated carbocycles. The van der Waals surface area contributed by atoms with Crippen LogP contribution in [0.2, 0.25) is 0 Å². The summed E-state index contributed by atoms with van der Waals surface area (Å²) in [6.45, 7) is 4.71. The molecule has 0 saturated heterocycles. The zero-order chi connectivity index (χ0) is 20.1. The molecule has 0 atom stereocenters. The highest BCUT2D eigenvalue weighted by atomic mass is 16.2. The average molecular weight is 398 g/mol. The van der Waals surface area contributed by atoms with Gasteiger partial charge >= 0.3 is 6.03 Å². The van der Waals surface area contributed by atoms with Crippen molar-refractivity contribution in [2.75, 3.05) is 19.6 Å². The molecule has 4 nitrogen and oxygen atoms in total. The van der Waals surface area contributed by atoms with Gasteiger partial charge in [0.1, 0.15) is 0 Å². The van der Waals surface area contributed by atoms with E-state index >= 15 is 0 Å². The van der Waals surface area contributed by atoms with E-state index in [4.69, 9.17) is 0 Å². The predicted octanol–water partition coefficient (Wildman–Crippen LogP) is 5.43. The molecule has 0 radical (unpaired) electrons. The second-order valence-corrected chi connectivity index (χ2v) is 10.2. The quantitative estimate of drug-likeness (QED) is 0.535. The van der Waals surface area contributed by atoms with Crippen molar-refractivity contribution in [1.29, 1.82) is 0 Å². The minimum atomic E-state index is 0.132. The first-order valence-corrected chi connectivity index (χ1v) is 12.1. The SMILES string of the molecule is CCCN(CCCC12CC3CC(CC(C3)C1)C2)C(=O)NCCCc1ccncc1. The molecule has 5 rings (SSSR count). The number of hydrogen-bond acceptors (Lipinski definition) is 2. The molecule has 0 unspecified atom stereocenters. The van der Waals surface area contributed by atoms with Gasteiger partial charge in [0.2, 0.25) is 0 Å². The van der Waals surface area contributed by atoms with Crippen LogP contribution in [0.5, 0.6) is 0 Å². The smallest absolute Gasteiger partial charge is 0.317 e. The Morgan fingerprint density at radius 2 is 1.72 bits per heavy atom. The second-order valence-electron chi connectivity index (χ2n) is 10.2. The summed E-state index contributed by atoms with van der Waals surface area (Å²) in [6.07, 6.45) is 18.2. The van der Waals surface area contributed by atoms with Gasteiger partial charge in [-0.15, -0.1) is 0 Å². The van der Waals surface area contributed by atoms with Crippen LogP contribution in [0, 0.1) is 23.2 Å². The van der Waals surface area contributed by atoms with E-state index in [-0.39, 0.29) is 6.03 Å². The third kappa shape index (κ3) is 5.32. The Hall–Kier alpha value is -1.58. The number of nitrogens with one attached hydrogen (secondary N) is 1. The summed E-state index contributed by atoms with van der Waals surface area (Å²) in [7, 11) is 0. The maximum atomic E-state index is 12.7. The van der Waals surface area contributed by atoms with Crippen molar-refractivity contribution in [1.82, 2.24) is 15.2 Å². The van der Waals surface area contributed by atoms with Crippen molar-refractivity contribution in [3.05, 3.63) is 30.1 Å². The predicted molar refractivity (Wildman–Crippen MR) is 118 cm³/mol. The standard InChI is InChI=1S/C25H39N3O/c1-2-12-28(24(29)27-9-3-5-20-6-10-26-11-7-20)13-4-8-25-17-21-14-22(18-25)16-23(15-21)19-25/h6-7,10-11,21-23H,2-5,8-9,12-19H2,1H3,(H,27,29). The highest BCUT2D eigenvalue weighted by Gasteiger charge is 2.50. The minimum Gasteiger partial charge on any atom is -0.338 e. The van der Waals surface area contributed by atoms with Crippen molar-refractivity contribution in [2.24, 2.45) is 23.2 Å². The van der Waals surface area contributed by atoms with Crippen LogP contribution in [0.15, 0.2) is 24.5 Å². The van der Waals surface area contributed by atoms with Crippen molar-refractivity contribution in [2.45, 2.75) is 77.6 Å². The molecule has 4 aliphatic rings. The van der Waals surface area contributed by atoms with Gasteiger partial charge in [-0.25, -0.2) is 4.79 Å². The molecule has 160 valence electrons. The highest BCUT2D eigenvalue weighted by molar-refractivity contribution is 5.74. The molecule has 4 aliphatic carbocycles. The third-order valence-corrected chi connectivity index (χ3v) is 7.75. The lowest BCUT2D eigenvalue weighted by Gasteiger charge is -2.57. The number of pyridine rings is 1. The Morgan fingerprint density at radius 3 is 2.34 bits per heavy atom. The number of rotatable bonds is 10. The Balaban J connectivity index is 1.19. The van der Waals surface area contributed by atoms with E-state index in [2.05, 4.69) is 34.3 Å². The molecule has 1 heterocycles. The molecule has 29 heavy (non-hydrogen) atoms. The van der Waals surface area contributed by atoms with Gasteiger partial charge in [0.05, 0.1) is 0 Å². The van der Waals surface area contributed by atoms with E-state index in [1.807, 2.05) is 12.4 Å². The summed E-state index contributed by atoms with van der Waals surface area (Å²) in [5, 5.41) is 3.15. The molecule has 4 fully saturated rings. The monoisotopic (exact) mass is 397 g/mol. The summed E-state index contributed by atoms with van der Waals surface area (Å²) < 4.78 is 0. The first kappa shape index (κ1) is 20.7. The van der Waals surface area contributed by atoms with Crippen molar-refractivity contribution in [3.8, 4) is 0 Å². The molecule has 1 N–H and O–H groups in total. The van der Waals surface area contributed by atoms with Crippen LogP contribution in [0.1, 0.15) is 76.7 Å². The number of carbonyl (C=O) groups is 1. The molecular formula is C25H39N3O. The number of amides is 2. The molecule has 1 aromatic rings. The van der Waals surface area contributed by atoms with E-state index in [1.54, 1.807) is 0 Å². The first-order chi connectivity index (χ1) is 14.2. The summed E-state index contributed by atoms with van der Waals surface area (Å²) in [6, 6.07) is 4.23. The lowest BCUT2D eigenvalue weighted by Crippen LogP contribution is -2.46. The van der Waals surface area contributed by atoms with E-state index in [0.29, 0.717) is 5.41 Å². The van der Waals surface area contributed by atoms with Gasteiger partial charge in [-0.05, 0) is 111 Å². The Kier molecular flexibility index (Phi) is 6.77. The molecule has 0 spiro atoms. The molecule has 0 aromatic carbocycles. The maximum Gasteiger partial charge on any atom is 0.317 e. The second kappa shape index (κ2) is 9.49. The van der Waals surface area contributed by atoms with E-state index in [0.717, 1.165) is 56.7 Å². The van der Waals surface area contributed by atoms with Gasteiger partial charge in [-0.1, -0.05) is 6.92 Å². The summed E-state index contributed by atoms with van der Waals surface area (Å²) in [5.41, 5.74) is 1.92. The lowest BCUT2D eigenvalue weighted by atomic mass is 9.48. The van der Waals surface area contributed by atoms with Crippen LogP contribution < -0.4 is 5.32 Å².